The molecular weight excluding hydrogens is 334 g/mol. The number of piperazine rings is 1. The lowest BCUT2D eigenvalue weighted by atomic mass is 10.1. The van der Waals surface area contributed by atoms with E-state index in [1.807, 2.05) is 58.7 Å². The second-order valence-electron chi connectivity index (χ2n) is 6.16. The molecule has 1 saturated heterocycles. The number of benzene rings is 1. The zero-order valence-electron chi connectivity index (χ0n) is 14.4. The largest absolute Gasteiger partial charge is 0.365 e. The number of aromatic amines is 1. The van der Waals surface area contributed by atoms with E-state index in [4.69, 9.17) is 0 Å². The average molecular weight is 357 g/mol. The van der Waals surface area contributed by atoms with Crippen LogP contribution in [0.5, 0.6) is 0 Å². The Morgan fingerprint density at radius 1 is 0.960 bits per heavy atom. The quantitative estimate of drug-likeness (QED) is 0.835. The standard InChI is InChI=1S/C19H23N3O2S/c1-25-17-6-4-15(5-7-17)13-18(23)21-9-11-22(12-10-21)19(24)14-16-3-2-8-20-16/h2-8,20H,9-14H2,1H3. The van der Waals surface area contributed by atoms with Crippen LogP contribution in [0.25, 0.3) is 0 Å². The topological polar surface area (TPSA) is 56.4 Å². The van der Waals surface area contributed by atoms with E-state index in [1.165, 1.54) is 4.90 Å². The molecule has 1 aromatic carbocycles. The van der Waals surface area contributed by atoms with Gasteiger partial charge in [0.05, 0.1) is 12.8 Å². The van der Waals surface area contributed by atoms with Crippen LogP contribution in [0.4, 0.5) is 0 Å². The Morgan fingerprint density at radius 2 is 1.56 bits per heavy atom. The number of amides is 2. The van der Waals surface area contributed by atoms with Gasteiger partial charge in [-0.25, -0.2) is 0 Å². The molecule has 6 heteroatoms. The van der Waals surface area contributed by atoms with Crippen LogP contribution in [0, 0.1) is 0 Å². The first kappa shape index (κ1) is 17.6. The Hall–Kier alpha value is -2.21. The number of carbonyl (C=O) groups excluding carboxylic acids is 2. The van der Waals surface area contributed by atoms with Crippen LogP contribution in [0.2, 0.25) is 0 Å². The molecule has 0 aliphatic carbocycles. The minimum atomic E-state index is 0.113. The normalized spacial score (nSPS) is 14.6. The summed E-state index contributed by atoms with van der Waals surface area (Å²) in [5, 5.41) is 0. The zero-order valence-corrected chi connectivity index (χ0v) is 15.2. The Balaban J connectivity index is 1.47. The van der Waals surface area contributed by atoms with Crippen molar-refractivity contribution in [1.82, 2.24) is 14.8 Å². The average Bonchev–Trinajstić information content (AvgIpc) is 3.15. The Kier molecular flexibility index (Phi) is 5.81. The fraction of sp³-hybridized carbons (Fsp3) is 0.368. The Labute approximate surface area is 152 Å². The molecule has 1 aliphatic rings. The van der Waals surface area contributed by atoms with Crippen molar-refractivity contribution in [2.24, 2.45) is 0 Å². The maximum Gasteiger partial charge on any atom is 0.228 e. The first-order valence-corrected chi connectivity index (χ1v) is 9.69. The fourth-order valence-electron chi connectivity index (χ4n) is 2.99. The first-order valence-electron chi connectivity index (χ1n) is 8.46. The van der Waals surface area contributed by atoms with Gasteiger partial charge >= 0.3 is 0 Å². The summed E-state index contributed by atoms with van der Waals surface area (Å²) in [5.74, 6) is 0.246. The van der Waals surface area contributed by atoms with Gasteiger partial charge in [0.1, 0.15) is 0 Å². The molecule has 0 spiro atoms. The highest BCUT2D eigenvalue weighted by Crippen LogP contribution is 2.16. The number of nitrogens with zero attached hydrogens (tertiary/aromatic N) is 2. The van der Waals surface area contributed by atoms with E-state index in [9.17, 15) is 9.59 Å². The molecule has 1 N–H and O–H groups in total. The van der Waals surface area contributed by atoms with Gasteiger partial charge in [0, 0.05) is 43.0 Å². The third kappa shape index (κ3) is 4.66. The summed E-state index contributed by atoms with van der Waals surface area (Å²) in [5.41, 5.74) is 1.96. The molecule has 1 aliphatic heterocycles. The van der Waals surface area contributed by atoms with E-state index in [0.717, 1.165) is 11.3 Å². The second kappa shape index (κ2) is 8.25. The molecule has 0 atom stereocenters. The van der Waals surface area contributed by atoms with Crippen molar-refractivity contribution < 1.29 is 9.59 Å². The van der Waals surface area contributed by atoms with Crippen molar-refractivity contribution in [3.8, 4) is 0 Å². The molecule has 2 heterocycles. The lowest BCUT2D eigenvalue weighted by Gasteiger charge is -2.35. The summed E-state index contributed by atoms with van der Waals surface area (Å²) in [7, 11) is 0. The van der Waals surface area contributed by atoms with Gasteiger partial charge in [0.2, 0.25) is 11.8 Å². The smallest absolute Gasteiger partial charge is 0.228 e. The molecule has 3 rings (SSSR count). The third-order valence-corrected chi connectivity index (χ3v) is 5.25. The fourth-order valence-corrected chi connectivity index (χ4v) is 3.40. The number of aromatic nitrogens is 1. The maximum absolute atomic E-state index is 12.5. The van der Waals surface area contributed by atoms with E-state index in [2.05, 4.69) is 4.98 Å². The minimum absolute atomic E-state index is 0.113. The predicted octanol–water partition coefficient (Wildman–Crippen LogP) is 2.19. The van der Waals surface area contributed by atoms with Crippen molar-refractivity contribution >= 4 is 23.6 Å². The van der Waals surface area contributed by atoms with Gasteiger partial charge in [-0.1, -0.05) is 12.1 Å². The van der Waals surface area contributed by atoms with Crippen molar-refractivity contribution in [2.45, 2.75) is 17.7 Å². The number of rotatable bonds is 5. The molecule has 5 nitrogen and oxygen atoms in total. The van der Waals surface area contributed by atoms with Gasteiger partial charge in [-0.3, -0.25) is 9.59 Å². The van der Waals surface area contributed by atoms with Crippen molar-refractivity contribution in [2.75, 3.05) is 32.4 Å². The van der Waals surface area contributed by atoms with Gasteiger partial charge in [0.15, 0.2) is 0 Å². The zero-order chi connectivity index (χ0) is 17.6. The van der Waals surface area contributed by atoms with Gasteiger partial charge in [-0.15, -0.1) is 11.8 Å². The molecular formula is C19H23N3O2S. The lowest BCUT2D eigenvalue weighted by Crippen LogP contribution is -2.51. The molecule has 0 bridgehead atoms. The van der Waals surface area contributed by atoms with Gasteiger partial charge in [-0.2, -0.15) is 0 Å². The lowest BCUT2D eigenvalue weighted by molar-refractivity contribution is -0.138. The van der Waals surface area contributed by atoms with Crippen LogP contribution in [0.15, 0.2) is 47.5 Å². The second-order valence-corrected chi connectivity index (χ2v) is 7.04. The van der Waals surface area contributed by atoms with Gasteiger partial charge < -0.3 is 14.8 Å². The molecule has 0 saturated carbocycles. The molecule has 0 radical (unpaired) electrons. The summed E-state index contributed by atoms with van der Waals surface area (Å²) in [6.07, 6.45) is 4.68. The molecule has 25 heavy (non-hydrogen) atoms. The molecule has 132 valence electrons. The molecule has 1 aromatic heterocycles. The summed E-state index contributed by atoms with van der Waals surface area (Å²) >= 11 is 1.69. The summed E-state index contributed by atoms with van der Waals surface area (Å²) < 4.78 is 0. The van der Waals surface area contributed by atoms with Crippen LogP contribution in [0.3, 0.4) is 0 Å². The van der Waals surface area contributed by atoms with E-state index in [1.54, 1.807) is 11.8 Å². The number of hydrogen-bond donors (Lipinski definition) is 1. The van der Waals surface area contributed by atoms with Crippen LogP contribution >= 0.6 is 11.8 Å². The molecule has 2 aromatic rings. The highest BCUT2D eigenvalue weighted by atomic mass is 32.2. The summed E-state index contributed by atoms with van der Waals surface area (Å²) in [6.45, 7) is 2.43. The molecule has 0 unspecified atom stereocenters. The van der Waals surface area contributed by atoms with E-state index >= 15 is 0 Å². The van der Waals surface area contributed by atoms with Crippen molar-refractivity contribution in [3.63, 3.8) is 0 Å². The van der Waals surface area contributed by atoms with Crippen molar-refractivity contribution in [1.29, 1.82) is 0 Å². The van der Waals surface area contributed by atoms with Crippen LogP contribution < -0.4 is 0 Å². The molecule has 2 amide bonds. The number of H-pyrrole nitrogens is 1. The highest BCUT2D eigenvalue weighted by Gasteiger charge is 2.24. The molecule has 1 fully saturated rings. The third-order valence-electron chi connectivity index (χ3n) is 4.50. The number of nitrogens with one attached hydrogen (secondary N) is 1. The van der Waals surface area contributed by atoms with Crippen LogP contribution in [-0.2, 0) is 22.4 Å². The predicted molar refractivity (Wildman–Crippen MR) is 99.6 cm³/mol. The monoisotopic (exact) mass is 357 g/mol. The Morgan fingerprint density at radius 3 is 2.08 bits per heavy atom. The van der Waals surface area contributed by atoms with Crippen LogP contribution in [-0.4, -0.2) is 59.0 Å². The van der Waals surface area contributed by atoms with E-state index < -0.39 is 0 Å². The number of carbonyl (C=O) groups is 2. The van der Waals surface area contributed by atoms with Crippen LogP contribution in [0.1, 0.15) is 11.3 Å². The van der Waals surface area contributed by atoms with Gasteiger partial charge in [-0.05, 0) is 36.1 Å². The maximum atomic E-state index is 12.5. The number of hydrogen-bond acceptors (Lipinski definition) is 3. The van der Waals surface area contributed by atoms with Crippen molar-refractivity contribution in [3.05, 3.63) is 53.9 Å². The Bertz CT molecular complexity index is 705. The first-order chi connectivity index (χ1) is 12.2. The SMILES string of the molecule is CSc1ccc(CC(=O)N2CCN(C(=O)Cc3ccc[nH]3)CC2)cc1. The minimum Gasteiger partial charge on any atom is -0.365 e. The highest BCUT2D eigenvalue weighted by molar-refractivity contribution is 7.98. The number of thioether (sulfide) groups is 1. The van der Waals surface area contributed by atoms with E-state index in [-0.39, 0.29) is 11.8 Å². The van der Waals surface area contributed by atoms with E-state index in [0.29, 0.717) is 39.0 Å². The summed E-state index contributed by atoms with van der Waals surface area (Å²) in [4.78, 5) is 32.7. The summed E-state index contributed by atoms with van der Waals surface area (Å²) in [6, 6.07) is 11.9. The van der Waals surface area contributed by atoms with Gasteiger partial charge in [0.25, 0.3) is 0 Å².